The first-order valence-corrected chi connectivity index (χ1v) is 5.19. The molecule has 0 aromatic heterocycles. The van der Waals surface area contributed by atoms with E-state index in [0.29, 0.717) is 0 Å². The van der Waals surface area contributed by atoms with Crippen molar-refractivity contribution in [1.82, 2.24) is 5.32 Å². The lowest BCUT2D eigenvalue weighted by Crippen LogP contribution is -2.08. The molecule has 1 saturated heterocycles. The molecule has 1 aliphatic heterocycles. The van der Waals surface area contributed by atoms with E-state index in [4.69, 9.17) is 0 Å². The van der Waals surface area contributed by atoms with Crippen molar-refractivity contribution < 1.29 is 0 Å². The molecule has 1 heterocycles. The summed E-state index contributed by atoms with van der Waals surface area (Å²) in [5.41, 5.74) is 2.98. The number of rotatable bonds is 2. The zero-order valence-corrected chi connectivity index (χ0v) is 9.44. The molecule has 0 bridgehead atoms. The topological polar surface area (TPSA) is 12.0 Å². The van der Waals surface area contributed by atoms with Crippen LogP contribution in [0.3, 0.4) is 0 Å². The van der Waals surface area contributed by atoms with Crippen LogP contribution in [0.25, 0.3) is 0 Å². The van der Waals surface area contributed by atoms with E-state index in [0.717, 1.165) is 18.9 Å². The number of hydrogen-bond acceptors (Lipinski definition) is 1. The zero-order valence-electron chi connectivity index (χ0n) is 8.62. The standard InChI is InChI=1S/C12H17N.ClH/c1-2-10-4-3-5-11(8-10)12-6-7-13-9-12;/h3-5,8,12-13H,2,6-7,9H2,1H3;1H. The summed E-state index contributed by atoms with van der Waals surface area (Å²) in [6.07, 6.45) is 2.45. The fraction of sp³-hybridized carbons (Fsp3) is 0.500. The molecule has 2 heteroatoms. The van der Waals surface area contributed by atoms with Crippen LogP contribution in [0.5, 0.6) is 0 Å². The molecule has 0 radical (unpaired) electrons. The molecule has 1 aromatic rings. The Kier molecular flexibility index (Phi) is 4.43. The van der Waals surface area contributed by atoms with E-state index in [-0.39, 0.29) is 12.4 Å². The van der Waals surface area contributed by atoms with Gasteiger partial charge in [-0.2, -0.15) is 0 Å². The second kappa shape index (κ2) is 5.38. The summed E-state index contributed by atoms with van der Waals surface area (Å²) in [6, 6.07) is 9.02. The van der Waals surface area contributed by atoms with Crippen LogP contribution >= 0.6 is 12.4 Å². The van der Waals surface area contributed by atoms with Crippen LogP contribution in [-0.2, 0) is 6.42 Å². The Morgan fingerprint density at radius 3 is 2.93 bits per heavy atom. The van der Waals surface area contributed by atoms with Crippen molar-refractivity contribution in [2.45, 2.75) is 25.7 Å². The van der Waals surface area contributed by atoms with Crippen molar-refractivity contribution in [3.05, 3.63) is 35.4 Å². The quantitative estimate of drug-likeness (QED) is 0.794. The van der Waals surface area contributed by atoms with E-state index in [2.05, 4.69) is 36.5 Å². The predicted molar refractivity (Wildman–Crippen MR) is 63.3 cm³/mol. The normalized spacial score (nSPS) is 20.5. The zero-order chi connectivity index (χ0) is 9.10. The van der Waals surface area contributed by atoms with Crippen molar-refractivity contribution in [3.8, 4) is 0 Å². The molecule has 0 aliphatic carbocycles. The molecule has 1 unspecified atom stereocenters. The fourth-order valence-corrected chi connectivity index (χ4v) is 2.01. The van der Waals surface area contributed by atoms with Gasteiger partial charge in [0.2, 0.25) is 0 Å². The molecule has 1 fully saturated rings. The van der Waals surface area contributed by atoms with Gasteiger partial charge in [0, 0.05) is 6.54 Å². The Hall–Kier alpha value is -0.530. The Labute approximate surface area is 92.3 Å². The molecule has 0 saturated carbocycles. The molecule has 1 N–H and O–H groups in total. The lowest BCUT2D eigenvalue weighted by Gasteiger charge is -2.09. The van der Waals surface area contributed by atoms with Crippen LogP contribution in [0, 0.1) is 0 Å². The largest absolute Gasteiger partial charge is 0.316 e. The second-order valence-corrected chi connectivity index (χ2v) is 3.79. The summed E-state index contributed by atoms with van der Waals surface area (Å²) in [5, 5.41) is 3.41. The Bertz CT molecular complexity index is 279. The Morgan fingerprint density at radius 1 is 1.43 bits per heavy atom. The molecular formula is C12H18ClN. The smallest absolute Gasteiger partial charge is 0.00206 e. The summed E-state index contributed by atoms with van der Waals surface area (Å²) in [5.74, 6) is 0.756. The second-order valence-electron chi connectivity index (χ2n) is 3.79. The van der Waals surface area contributed by atoms with Crippen LogP contribution in [0.4, 0.5) is 0 Å². The third kappa shape index (κ3) is 2.49. The maximum absolute atomic E-state index is 3.41. The molecule has 14 heavy (non-hydrogen) atoms. The highest BCUT2D eigenvalue weighted by atomic mass is 35.5. The molecule has 1 nitrogen and oxygen atoms in total. The van der Waals surface area contributed by atoms with Gasteiger partial charge in [0.05, 0.1) is 0 Å². The average Bonchev–Trinajstić information content (AvgIpc) is 2.71. The van der Waals surface area contributed by atoms with E-state index in [1.807, 2.05) is 0 Å². The molecule has 0 amide bonds. The Balaban J connectivity index is 0.000000980. The molecule has 1 aromatic carbocycles. The predicted octanol–water partition coefficient (Wildman–Crippen LogP) is 2.75. The van der Waals surface area contributed by atoms with Crippen molar-refractivity contribution in [3.63, 3.8) is 0 Å². The van der Waals surface area contributed by atoms with Gasteiger partial charge in [0.25, 0.3) is 0 Å². The van der Waals surface area contributed by atoms with Gasteiger partial charge in [-0.25, -0.2) is 0 Å². The van der Waals surface area contributed by atoms with Gasteiger partial charge >= 0.3 is 0 Å². The lowest BCUT2D eigenvalue weighted by molar-refractivity contribution is 0.761. The first kappa shape index (κ1) is 11.5. The van der Waals surface area contributed by atoms with Gasteiger partial charge in [-0.05, 0) is 36.4 Å². The van der Waals surface area contributed by atoms with Crippen LogP contribution in [-0.4, -0.2) is 13.1 Å². The van der Waals surface area contributed by atoms with Gasteiger partial charge in [-0.1, -0.05) is 31.2 Å². The van der Waals surface area contributed by atoms with Gasteiger partial charge in [0.1, 0.15) is 0 Å². The van der Waals surface area contributed by atoms with Gasteiger partial charge < -0.3 is 5.32 Å². The van der Waals surface area contributed by atoms with E-state index in [1.165, 1.54) is 24.1 Å². The Morgan fingerprint density at radius 2 is 2.29 bits per heavy atom. The first-order chi connectivity index (χ1) is 6.40. The minimum Gasteiger partial charge on any atom is -0.316 e. The van der Waals surface area contributed by atoms with Gasteiger partial charge in [-0.15, -0.1) is 12.4 Å². The lowest BCUT2D eigenvalue weighted by atomic mass is 9.96. The minimum absolute atomic E-state index is 0. The number of benzene rings is 1. The van der Waals surface area contributed by atoms with Crippen LogP contribution in [0.1, 0.15) is 30.4 Å². The van der Waals surface area contributed by atoms with E-state index in [1.54, 1.807) is 0 Å². The highest BCUT2D eigenvalue weighted by Gasteiger charge is 2.15. The van der Waals surface area contributed by atoms with E-state index >= 15 is 0 Å². The highest BCUT2D eigenvalue weighted by Crippen LogP contribution is 2.22. The molecular weight excluding hydrogens is 194 g/mol. The van der Waals surface area contributed by atoms with Crippen molar-refractivity contribution in [1.29, 1.82) is 0 Å². The van der Waals surface area contributed by atoms with Crippen LogP contribution in [0.15, 0.2) is 24.3 Å². The molecule has 1 atom stereocenters. The summed E-state index contributed by atoms with van der Waals surface area (Å²) < 4.78 is 0. The average molecular weight is 212 g/mol. The summed E-state index contributed by atoms with van der Waals surface area (Å²) >= 11 is 0. The SMILES string of the molecule is CCc1cccc(C2CCNC2)c1.Cl. The van der Waals surface area contributed by atoms with Gasteiger partial charge in [-0.3, -0.25) is 0 Å². The molecule has 1 aliphatic rings. The van der Waals surface area contributed by atoms with Crippen LogP contribution < -0.4 is 5.32 Å². The summed E-state index contributed by atoms with van der Waals surface area (Å²) in [4.78, 5) is 0. The molecule has 0 spiro atoms. The van der Waals surface area contributed by atoms with E-state index in [9.17, 15) is 0 Å². The number of hydrogen-bond donors (Lipinski definition) is 1. The fourth-order valence-electron chi connectivity index (χ4n) is 2.01. The third-order valence-corrected chi connectivity index (χ3v) is 2.89. The minimum atomic E-state index is 0. The molecule has 78 valence electrons. The number of nitrogens with one attached hydrogen (secondary N) is 1. The van der Waals surface area contributed by atoms with Crippen molar-refractivity contribution >= 4 is 12.4 Å². The third-order valence-electron chi connectivity index (χ3n) is 2.89. The monoisotopic (exact) mass is 211 g/mol. The number of aryl methyl sites for hydroxylation is 1. The van der Waals surface area contributed by atoms with Gasteiger partial charge in [0.15, 0.2) is 0 Å². The summed E-state index contributed by atoms with van der Waals surface area (Å²) in [7, 11) is 0. The maximum Gasteiger partial charge on any atom is 0.00206 e. The summed E-state index contributed by atoms with van der Waals surface area (Å²) in [6.45, 7) is 4.56. The highest BCUT2D eigenvalue weighted by molar-refractivity contribution is 5.85. The first-order valence-electron chi connectivity index (χ1n) is 5.19. The molecule has 2 rings (SSSR count). The number of halogens is 1. The van der Waals surface area contributed by atoms with Crippen molar-refractivity contribution in [2.75, 3.05) is 13.1 Å². The van der Waals surface area contributed by atoms with E-state index < -0.39 is 0 Å². The van der Waals surface area contributed by atoms with Crippen LogP contribution in [0.2, 0.25) is 0 Å². The maximum atomic E-state index is 3.41. The van der Waals surface area contributed by atoms with Crippen molar-refractivity contribution in [2.24, 2.45) is 0 Å².